The lowest BCUT2D eigenvalue weighted by atomic mass is 10.1. The number of nitrogens with one attached hydrogen (secondary N) is 3. The highest BCUT2D eigenvalue weighted by Crippen LogP contribution is 2.33. The van der Waals surface area contributed by atoms with E-state index in [1.807, 2.05) is 4.90 Å². The number of halogens is 4. The van der Waals surface area contributed by atoms with E-state index < -0.39 is 28.9 Å². The third-order valence-corrected chi connectivity index (χ3v) is 7.00. The predicted molar refractivity (Wildman–Crippen MR) is 150 cm³/mol. The van der Waals surface area contributed by atoms with Crippen molar-refractivity contribution in [1.82, 2.24) is 15.3 Å². The fourth-order valence-electron chi connectivity index (χ4n) is 4.49. The van der Waals surface area contributed by atoms with Crippen LogP contribution in [-0.2, 0) is 13.0 Å². The van der Waals surface area contributed by atoms with Gasteiger partial charge in [-0.3, -0.25) is 9.59 Å². The first-order chi connectivity index (χ1) is 19.6. The number of fused-ring (bicyclic) bond motifs is 1. The highest BCUT2D eigenvalue weighted by Gasteiger charge is 2.23. The highest BCUT2D eigenvalue weighted by atomic mass is 35.5. The summed E-state index contributed by atoms with van der Waals surface area (Å²) in [7, 11) is 1.57. The molecular weight excluding hydrogens is 557 g/mol. The molecule has 8 nitrogen and oxygen atoms in total. The van der Waals surface area contributed by atoms with Crippen molar-refractivity contribution >= 4 is 46.4 Å². The molecule has 3 aromatic carbocycles. The monoisotopic (exact) mass is 580 g/mol. The van der Waals surface area contributed by atoms with E-state index in [2.05, 4.69) is 25.9 Å². The van der Waals surface area contributed by atoms with Gasteiger partial charge >= 0.3 is 0 Å². The quantitative estimate of drug-likeness (QED) is 0.250. The van der Waals surface area contributed by atoms with E-state index in [1.54, 1.807) is 49.6 Å². The summed E-state index contributed by atoms with van der Waals surface area (Å²) in [6, 6.07) is 12.7. The molecular formula is C29H24ClF3N6O2. The SMILES string of the molecule is CNC(=O)c1ccc(Nc2ncc3c(n2)CCN(c2cc(NC(=O)c4cc(C)c(F)c(F)c4F)ccc2Cl)C3)cc1. The van der Waals surface area contributed by atoms with Gasteiger partial charge in [-0.15, -0.1) is 0 Å². The van der Waals surface area contributed by atoms with E-state index in [4.69, 9.17) is 11.6 Å². The van der Waals surface area contributed by atoms with Crippen LogP contribution in [-0.4, -0.2) is 35.4 Å². The topological polar surface area (TPSA) is 99.2 Å². The Morgan fingerprint density at radius 1 is 0.951 bits per heavy atom. The van der Waals surface area contributed by atoms with Crippen LogP contribution < -0.4 is 20.9 Å². The molecule has 210 valence electrons. The summed E-state index contributed by atoms with van der Waals surface area (Å²) >= 11 is 6.48. The minimum Gasteiger partial charge on any atom is -0.365 e. The minimum absolute atomic E-state index is 0.175. The zero-order valence-corrected chi connectivity index (χ0v) is 22.7. The van der Waals surface area contributed by atoms with E-state index in [0.29, 0.717) is 47.4 Å². The third-order valence-electron chi connectivity index (χ3n) is 6.68. The van der Waals surface area contributed by atoms with Gasteiger partial charge in [-0.1, -0.05) is 11.6 Å². The molecule has 0 saturated carbocycles. The van der Waals surface area contributed by atoms with Gasteiger partial charge in [0.15, 0.2) is 17.5 Å². The molecule has 3 N–H and O–H groups in total. The van der Waals surface area contributed by atoms with Gasteiger partial charge in [0.1, 0.15) is 0 Å². The maximum atomic E-state index is 14.2. The van der Waals surface area contributed by atoms with E-state index in [9.17, 15) is 22.8 Å². The molecule has 0 bridgehead atoms. The smallest absolute Gasteiger partial charge is 0.258 e. The Labute approximate surface area is 238 Å². The number of nitrogens with zero attached hydrogens (tertiary/aromatic N) is 3. The summed E-state index contributed by atoms with van der Waals surface area (Å²) in [5.74, 6) is -5.25. The molecule has 1 aliphatic rings. The van der Waals surface area contributed by atoms with E-state index in [-0.39, 0.29) is 11.5 Å². The van der Waals surface area contributed by atoms with Crippen molar-refractivity contribution in [2.45, 2.75) is 19.9 Å². The summed E-state index contributed by atoms with van der Waals surface area (Å²) in [6.07, 6.45) is 2.32. The van der Waals surface area contributed by atoms with E-state index >= 15 is 0 Å². The standard InChI is InChI=1S/C29H24ClF3N6O2/c1-15-11-20(25(32)26(33)24(15)31)28(41)36-19-7-8-21(30)23(12-19)39-10-9-22-17(14-39)13-35-29(38-22)37-18-5-3-16(4-6-18)27(40)34-2/h3-8,11-13H,9-10,14H2,1-2H3,(H,34,40)(H,36,41)(H,35,37,38). The second-order valence-corrected chi connectivity index (χ2v) is 9.83. The maximum absolute atomic E-state index is 14.2. The van der Waals surface area contributed by atoms with Crippen LogP contribution in [0.5, 0.6) is 0 Å². The number of hydrogen-bond donors (Lipinski definition) is 3. The molecule has 0 aliphatic carbocycles. The van der Waals surface area contributed by atoms with Gasteiger partial charge in [0.05, 0.1) is 22.0 Å². The summed E-state index contributed by atoms with van der Waals surface area (Å²) in [5.41, 5.74) is 3.17. The molecule has 0 saturated heterocycles. The molecule has 1 aromatic heterocycles. The van der Waals surface area contributed by atoms with Crippen LogP contribution in [0.1, 0.15) is 37.5 Å². The van der Waals surface area contributed by atoms with Crippen LogP contribution in [0.25, 0.3) is 0 Å². The third kappa shape index (κ3) is 5.80. The molecule has 5 rings (SSSR count). The molecule has 41 heavy (non-hydrogen) atoms. The summed E-state index contributed by atoms with van der Waals surface area (Å²) in [6.45, 7) is 2.26. The Morgan fingerprint density at radius 2 is 1.68 bits per heavy atom. The molecule has 2 heterocycles. The second kappa shape index (κ2) is 11.5. The number of anilines is 4. The van der Waals surface area contributed by atoms with Gasteiger partial charge < -0.3 is 20.9 Å². The first kappa shape index (κ1) is 27.9. The number of amides is 2. The fraction of sp³-hybridized carbons (Fsp3) is 0.172. The summed E-state index contributed by atoms with van der Waals surface area (Å²) in [5, 5.41) is 8.68. The average molecular weight is 581 g/mol. The van der Waals surface area contributed by atoms with Crippen LogP contribution in [0, 0.1) is 24.4 Å². The summed E-state index contributed by atoms with van der Waals surface area (Å²) < 4.78 is 41.7. The van der Waals surface area contributed by atoms with Crippen molar-refractivity contribution in [2.75, 3.05) is 29.1 Å². The van der Waals surface area contributed by atoms with Crippen molar-refractivity contribution in [2.24, 2.45) is 0 Å². The normalized spacial score (nSPS) is 12.5. The maximum Gasteiger partial charge on any atom is 0.258 e. The first-order valence-corrected chi connectivity index (χ1v) is 13.0. The number of aryl methyl sites for hydroxylation is 1. The van der Waals surface area contributed by atoms with Crippen LogP contribution in [0.2, 0.25) is 5.02 Å². The molecule has 0 unspecified atom stereocenters. The van der Waals surface area contributed by atoms with Gasteiger partial charge in [-0.25, -0.2) is 23.1 Å². The number of hydrogen-bond acceptors (Lipinski definition) is 6. The predicted octanol–water partition coefficient (Wildman–Crippen LogP) is 5.77. The Morgan fingerprint density at radius 3 is 2.41 bits per heavy atom. The Bertz CT molecular complexity index is 1670. The van der Waals surface area contributed by atoms with Gasteiger partial charge in [-0.2, -0.15) is 0 Å². The second-order valence-electron chi connectivity index (χ2n) is 9.42. The first-order valence-electron chi connectivity index (χ1n) is 12.6. The molecule has 0 fully saturated rings. The molecule has 0 radical (unpaired) electrons. The number of rotatable bonds is 6. The number of benzene rings is 3. The number of carbonyl (C=O) groups excluding carboxylic acids is 2. The van der Waals surface area contributed by atoms with E-state index in [0.717, 1.165) is 23.0 Å². The number of carbonyl (C=O) groups is 2. The van der Waals surface area contributed by atoms with Crippen molar-refractivity contribution in [3.63, 3.8) is 0 Å². The molecule has 0 atom stereocenters. The Balaban J connectivity index is 1.30. The lowest BCUT2D eigenvalue weighted by Crippen LogP contribution is -2.31. The van der Waals surface area contributed by atoms with Crippen molar-refractivity contribution in [3.8, 4) is 0 Å². The Hall–Kier alpha value is -4.64. The largest absolute Gasteiger partial charge is 0.365 e. The van der Waals surface area contributed by atoms with Crippen molar-refractivity contribution in [1.29, 1.82) is 0 Å². The van der Waals surface area contributed by atoms with Crippen LogP contribution >= 0.6 is 11.6 Å². The van der Waals surface area contributed by atoms with Gasteiger partial charge in [-0.05, 0) is 61.0 Å². The molecule has 0 spiro atoms. The van der Waals surface area contributed by atoms with Crippen LogP contribution in [0.3, 0.4) is 0 Å². The summed E-state index contributed by atoms with van der Waals surface area (Å²) in [4.78, 5) is 35.5. The van der Waals surface area contributed by atoms with Crippen molar-refractivity contribution < 1.29 is 22.8 Å². The molecule has 2 amide bonds. The van der Waals surface area contributed by atoms with Crippen LogP contribution in [0.15, 0.2) is 54.7 Å². The van der Waals surface area contributed by atoms with E-state index in [1.165, 1.54) is 13.0 Å². The Kier molecular flexibility index (Phi) is 7.80. The van der Waals surface area contributed by atoms with Gasteiger partial charge in [0, 0.05) is 55.3 Å². The fourth-order valence-corrected chi connectivity index (χ4v) is 4.72. The highest BCUT2D eigenvalue weighted by molar-refractivity contribution is 6.33. The zero-order chi connectivity index (χ0) is 29.3. The molecule has 12 heteroatoms. The van der Waals surface area contributed by atoms with Crippen molar-refractivity contribution in [3.05, 3.63) is 105 Å². The minimum atomic E-state index is -1.70. The molecule has 1 aliphatic heterocycles. The lowest BCUT2D eigenvalue weighted by Gasteiger charge is -2.31. The molecule has 4 aromatic rings. The van der Waals surface area contributed by atoms with Crippen LogP contribution in [0.4, 0.5) is 36.2 Å². The zero-order valence-electron chi connectivity index (χ0n) is 22.0. The lowest BCUT2D eigenvalue weighted by molar-refractivity contribution is 0.0962. The van der Waals surface area contributed by atoms with Gasteiger partial charge in [0.25, 0.3) is 11.8 Å². The average Bonchev–Trinajstić information content (AvgIpc) is 2.98. The van der Waals surface area contributed by atoms with Gasteiger partial charge in [0.2, 0.25) is 5.95 Å². The number of aromatic nitrogens is 2.